The molecule has 1 fully saturated rings. The fourth-order valence-electron chi connectivity index (χ4n) is 3.68. The number of hydrogen-bond acceptors (Lipinski definition) is 6. The predicted molar refractivity (Wildman–Crippen MR) is 104 cm³/mol. The van der Waals surface area contributed by atoms with E-state index in [1.165, 1.54) is 12.8 Å². The second-order valence-corrected chi connectivity index (χ2v) is 8.36. The molecule has 0 spiro atoms. The summed E-state index contributed by atoms with van der Waals surface area (Å²) < 4.78 is 12.9. The Morgan fingerprint density at radius 3 is 2.33 bits per heavy atom. The zero-order chi connectivity index (χ0) is 19.6. The number of nitrogens with zero attached hydrogens (tertiary/aromatic N) is 5. The van der Waals surface area contributed by atoms with Gasteiger partial charge in [-0.15, -0.1) is 5.10 Å². The lowest BCUT2D eigenvalue weighted by Gasteiger charge is -2.37. The molecule has 0 saturated carbocycles. The molecule has 0 N–H and O–H groups in total. The molecular formula is C20H31N5O2. The van der Waals surface area contributed by atoms with E-state index in [1.54, 1.807) is 14.2 Å². The third-order valence-corrected chi connectivity index (χ3v) is 5.28. The molecule has 2 aromatic rings. The van der Waals surface area contributed by atoms with Gasteiger partial charge in [0, 0.05) is 0 Å². The van der Waals surface area contributed by atoms with Crippen LogP contribution in [0.3, 0.4) is 0 Å². The normalized spacial score (nSPS) is 17.7. The van der Waals surface area contributed by atoms with E-state index in [0.29, 0.717) is 0 Å². The highest BCUT2D eigenvalue weighted by atomic mass is 16.5. The smallest absolute Gasteiger partial charge is 0.173 e. The van der Waals surface area contributed by atoms with Gasteiger partial charge in [-0.1, -0.05) is 13.0 Å². The number of hydrogen-bond donors (Lipinski definition) is 0. The standard InChI is InChI=1S/C20H31N5O2/c1-14-9-11-24(12-10-14)18(19-21-22-23-25(19)20(2,3)4)15-7-8-16(26-5)17(13-15)27-6/h7-8,13-14,18H,9-12H2,1-6H3/t18-/m1/s1. The lowest BCUT2D eigenvalue weighted by molar-refractivity contribution is 0.145. The topological polar surface area (TPSA) is 65.3 Å². The largest absolute Gasteiger partial charge is 0.493 e. The summed E-state index contributed by atoms with van der Waals surface area (Å²) >= 11 is 0. The number of rotatable bonds is 5. The molecule has 1 saturated heterocycles. The van der Waals surface area contributed by atoms with Gasteiger partial charge in [0.1, 0.15) is 0 Å². The van der Waals surface area contributed by atoms with Gasteiger partial charge in [0.05, 0.1) is 25.8 Å². The molecule has 27 heavy (non-hydrogen) atoms. The van der Waals surface area contributed by atoms with Gasteiger partial charge in [-0.25, -0.2) is 4.68 Å². The molecule has 3 rings (SSSR count). The summed E-state index contributed by atoms with van der Waals surface area (Å²) in [6.45, 7) is 10.7. The van der Waals surface area contributed by atoms with Gasteiger partial charge in [-0.3, -0.25) is 4.90 Å². The van der Waals surface area contributed by atoms with Gasteiger partial charge in [-0.2, -0.15) is 0 Å². The molecular weight excluding hydrogens is 342 g/mol. The minimum absolute atomic E-state index is 0.0217. The number of piperidine rings is 1. The maximum atomic E-state index is 5.54. The highest BCUT2D eigenvalue weighted by Gasteiger charge is 2.33. The summed E-state index contributed by atoms with van der Waals surface area (Å²) in [5, 5.41) is 12.7. The first-order chi connectivity index (χ1) is 12.8. The third-order valence-electron chi connectivity index (χ3n) is 5.28. The van der Waals surface area contributed by atoms with Crippen LogP contribution in [-0.2, 0) is 5.54 Å². The maximum Gasteiger partial charge on any atom is 0.173 e. The number of aromatic nitrogens is 4. The van der Waals surface area contributed by atoms with Crippen molar-refractivity contribution in [3.8, 4) is 11.5 Å². The van der Waals surface area contributed by atoms with Crippen molar-refractivity contribution in [2.45, 2.75) is 52.1 Å². The first kappa shape index (κ1) is 19.6. The third kappa shape index (κ3) is 4.08. The zero-order valence-electron chi connectivity index (χ0n) is 17.3. The van der Waals surface area contributed by atoms with E-state index < -0.39 is 0 Å². The molecule has 7 heteroatoms. The maximum absolute atomic E-state index is 5.54. The van der Waals surface area contributed by atoms with E-state index in [4.69, 9.17) is 9.47 Å². The average molecular weight is 374 g/mol. The molecule has 0 aliphatic carbocycles. The Morgan fingerprint density at radius 2 is 1.74 bits per heavy atom. The summed E-state index contributed by atoms with van der Waals surface area (Å²) in [6.07, 6.45) is 2.36. The summed E-state index contributed by atoms with van der Waals surface area (Å²) in [4.78, 5) is 2.48. The SMILES string of the molecule is COc1ccc([C@H](c2nnnn2C(C)(C)C)N2CCC(C)CC2)cc1OC. The van der Waals surface area contributed by atoms with Crippen molar-refractivity contribution in [2.24, 2.45) is 5.92 Å². The fourth-order valence-corrected chi connectivity index (χ4v) is 3.68. The van der Waals surface area contributed by atoms with Gasteiger partial charge in [0.25, 0.3) is 0 Å². The lowest BCUT2D eigenvalue weighted by atomic mass is 9.95. The summed E-state index contributed by atoms with van der Waals surface area (Å²) in [6, 6.07) is 6.07. The van der Waals surface area contributed by atoms with Crippen LogP contribution in [0.5, 0.6) is 11.5 Å². The van der Waals surface area contributed by atoms with Crippen molar-refractivity contribution in [1.82, 2.24) is 25.1 Å². The van der Waals surface area contributed by atoms with Crippen LogP contribution in [0.4, 0.5) is 0 Å². The summed E-state index contributed by atoms with van der Waals surface area (Å²) in [7, 11) is 3.32. The molecule has 0 amide bonds. The van der Waals surface area contributed by atoms with E-state index in [-0.39, 0.29) is 11.6 Å². The van der Waals surface area contributed by atoms with Crippen molar-refractivity contribution in [3.05, 3.63) is 29.6 Å². The van der Waals surface area contributed by atoms with E-state index in [1.807, 2.05) is 16.8 Å². The molecule has 1 aromatic carbocycles. The van der Waals surface area contributed by atoms with Gasteiger partial charge in [0.2, 0.25) is 0 Å². The number of likely N-dealkylation sites (tertiary alicyclic amines) is 1. The average Bonchev–Trinajstić information content (AvgIpc) is 3.13. The van der Waals surface area contributed by atoms with Crippen molar-refractivity contribution < 1.29 is 9.47 Å². The number of ether oxygens (including phenoxy) is 2. The Balaban J connectivity index is 2.08. The van der Waals surface area contributed by atoms with Crippen molar-refractivity contribution in [3.63, 3.8) is 0 Å². The van der Waals surface area contributed by atoms with Gasteiger partial charge >= 0.3 is 0 Å². The molecule has 0 unspecified atom stereocenters. The van der Waals surface area contributed by atoms with Crippen LogP contribution in [0.15, 0.2) is 18.2 Å². The lowest BCUT2D eigenvalue weighted by Crippen LogP contribution is -2.39. The van der Waals surface area contributed by atoms with Crippen LogP contribution < -0.4 is 9.47 Å². The van der Waals surface area contributed by atoms with E-state index >= 15 is 0 Å². The molecule has 2 heterocycles. The Bertz CT molecular complexity index is 760. The van der Waals surface area contributed by atoms with Gasteiger partial charge in [0.15, 0.2) is 17.3 Å². The molecule has 1 atom stereocenters. The van der Waals surface area contributed by atoms with Crippen LogP contribution in [0.1, 0.15) is 58.0 Å². The van der Waals surface area contributed by atoms with E-state index in [2.05, 4.69) is 54.2 Å². The van der Waals surface area contributed by atoms with Crippen LogP contribution in [-0.4, -0.2) is 52.4 Å². The minimum Gasteiger partial charge on any atom is -0.493 e. The molecule has 1 aliphatic heterocycles. The molecule has 1 aliphatic rings. The van der Waals surface area contributed by atoms with E-state index in [0.717, 1.165) is 41.9 Å². The van der Waals surface area contributed by atoms with Gasteiger partial charge < -0.3 is 9.47 Å². The van der Waals surface area contributed by atoms with Crippen molar-refractivity contribution in [2.75, 3.05) is 27.3 Å². The van der Waals surface area contributed by atoms with Crippen molar-refractivity contribution in [1.29, 1.82) is 0 Å². The predicted octanol–water partition coefficient (Wildman–Crippen LogP) is 3.27. The van der Waals surface area contributed by atoms with Crippen LogP contribution in [0, 0.1) is 5.92 Å². The van der Waals surface area contributed by atoms with E-state index in [9.17, 15) is 0 Å². The number of methoxy groups -OCH3 is 2. The van der Waals surface area contributed by atoms with Gasteiger partial charge in [-0.05, 0) is 80.7 Å². The second-order valence-electron chi connectivity index (χ2n) is 8.36. The highest BCUT2D eigenvalue weighted by Crippen LogP contribution is 2.37. The first-order valence-corrected chi connectivity index (χ1v) is 9.60. The second kappa shape index (κ2) is 7.84. The zero-order valence-corrected chi connectivity index (χ0v) is 17.3. The van der Waals surface area contributed by atoms with Crippen LogP contribution in [0.25, 0.3) is 0 Å². The monoisotopic (exact) mass is 373 g/mol. The highest BCUT2D eigenvalue weighted by molar-refractivity contribution is 5.45. The molecule has 0 radical (unpaired) electrons. The fraction of sp³-hybridized carbons (Fsp3) is 0.650. The molecule has 0 bridgehead atoms. The molecule has 148 valence electrons. The Labute approximate surface area is 161 Å². The number of tetrazole rings is 1. The first-order valence-electron chi connectivity index (χ1n) is 9.60. The Kier molecular flexibility index (Phi) is 5.69. The summed E-state index contributed by atoms with van der Waals surface area (Å²) in [5.74, 6) is 3.07. The Morgan fingerprint density at radius 1 is 1.07 bits per heavy atom. The molecule has 1 aromatic heterocycles. The van der Waals surface area contributed by atoms with Crippen LogP contribution >= 0.6 is 0 Å². The number of benzene rings is 1. The van der Waals surface area contributed by atoms with Crippen LogP contribution in [0.2, 0.25) is 0 Å². The molecule has 7 nitrogen and oxygen atoms in total. The summed E-state index contributed by atoms with van der Waals surface area (Å²) in [5.41, 5.74) is 0.916. The Hall–Kier alpha value is -2.15. The quantitative estimate of drug-likeness (QED) is 0.801. The van der Waals surface area contributed by atoms with Crippen molar-refractivity contribution >= 4 is 0 Å². The minimum atomic E-state index is -0.198.